The molecule has 1 aromatic carbocycles. The molecule has 2 aliphatic carbocycles. The van der Waals surface area contributed by atoms with Crippen molar-refractivity contribution in [3.05, 3.63) is 57.8 Å². The van der Waals surface area contributed by atoms with Crippen LogP contribution in [0.1, 0.15) is 71.4 Å². The minimum Gasteiger partial charge on any atom is -0.478 e. The topological polar surface area (TPSA) is 69.6 Å². The summed E-state index contributed by atoms with van der Waals surface area (Å²) >= 11 is 6.65. The first-order valence-electron chi connectivity index (χ1n) is 12.0. The quantitative estimate of drug-likeness (QED) is 0.453. The van der Waals surface area contributed by atoms with Crippen LogP contribution in [0.2, 0.25) is 5.02 Å². The van der Waals surface area contributed by atoms with Gasteiger partial charge in [-0.3, -0.25) is 4.90 Å². The SMILES string of the molecule is CC(C)(C)CCc1ccc([C@]2(C)NC(=O)N(C3(C)C=C(C(=O)O)C3)C=C2C2CC(F)(F)C2)cc1Cl. The van der Waals surface area contributed by atoms with Crippen LogP contribution in [0.4, 0.5) is 13.6 Å². The van der Waals surface area contributed by atoms with Crippen molar-refractivity contribution in [2.75, 3.05) is 0 Å². The van der Waals surface area contributed by atoms with Crippen molar-refractivity contribution in [1.82, 2.24) is 10.2 Å². The normalized spacial score (nSPS) is 28.5. The van der Waals surface area contributed by atoms with Crippen LogP contribution in [0.3, 0.4) is 0 Å². The molecular formula is C27H33ClF2N2O3. The summed E-state index contributed by atoms with van der Waals surface area (Å²) in [6, 6.07) is 5.29. The molecule has 2 N–H and O–H groups in total. The van der Waals surface area contributed by atoms with Gasteiger partial charge < -0.3 is 10.4 Å². The monoisotopic (exact) mass is 506 g/mol. The second-order valence-corrected chi connectivity index (χ2v) is 12.3. The van der Waals surface area contributed by atoms with E-state index in [1.807, 2.05) is 25.1 Å². The van der Waals surface area contributed by atoms with Crippen LogP contribution in [-0.2, 0) is 16.8 Å². The van der Waals surface area contributed by atoms with E-state index in [9.17, 15) is 23.5 Å². The smallest absolute Gasteiger partial charge is 0.331 e. The van der Waals surface area contributed by atoms with Gasteiger partial charge in [0.2, 0.25) is 5.92 Å². The van der Waals surface area contributed by atoms with E-state index in [0.29, 0.717) is 10.6 Å². The Bertz CT molecular complexity index is 1130. The van der Waals surface area contributed by atoms with E-state index < -0.39 is 34.9 Å². The van der Waals surface area contributed by atoms with Gasteiger partial charge in [0, 0.05) is 36.1 Å². The Hall–Kier alpha value is -2.41. The highest BCUT2D eigenvalue weighted by Gasteiger charge is 2.54. The van der Waals surface area contributed by atoms with E-state index in [0.717, 1.165) is 24.0 Å². The third-order valence-corrected chi connectivity index (χ3v) is 7.94. The lowest BCUT2D eigenvalue weighted by Crippen LogP contribution is -2.62. The van der Waals surface area contributed by atoms with Gasteiger partial charge in [0.05, 0.1) is 11.1 Å². The standard InChI is InChI=1S/C27H33ClF2N2O3/c1-24(2,3)9-8-16-6-7-19(10-21(16)28)26(5)20(17-13-27(29,30)14-17)15-32(23(35)31-26)25(4)11-18(12-25)22(33)34/h6-7,10-11,15,17H,8-9,12-14H2,1-5H3,(H,31,35)(H,33,34)/t25?,26-/m0/s1. The predicted molar refractivity (Wildman–Crippen MR) is 131 cm³/mol. The van der Waals surface area contributed by atoms with Gasteiger partial charge in [0.25, 0.3) is 0 Å². The first kappa shape index (κ1) is 25.7. The predicted octanol–water partition coefficient (Wildman–Crippen LogP) is 6.66. The zero-order valence-corrected chi connectivity index (χ0v) is 21.6. The maximum absolute atomic E-state index is 13.9. The number of urea groups is 1. The van der Waals surface area contributed by atoms with Crippen LogP contribution < -0.4 is 5.32 Å². The largest absolute Gasteiger partial charge is 0.478 e. The van der Waals surface area contributed by atoms with Gasteiger partial charge in [-0.05, 0) is 66.9 Å². The number of carboxylic acids is 1. The summed E-state index contributed by atoms with van der Waals surface area (Å²) < 4.78 is 27.8. The van der Waals surface area contributed by atoms with Gasteiger partial charge >= 0.3 is 12.0 Å². The number of hydrogen-bond donors (Lipinski definition) is 2. The van der Waals surface area contributed by atoms with Crippen molar-refractivity contribution >= 4 is 23.6 Å². The molecule has 190 valence electrons. The van der Waals surface area contributed by atoms with Crippen molar-refractivity contribution < 1.29 is 23.5 Å². The summed E-state index contributed by atoms with van der Waals surface area (Å²) in [5, 5.41) is 12.9. The van der Waals surface area contributed by atoms with Crippen molar-refractivity contribution in [3.8, 4) is 0 Å². The van der Waals surface area contributed by atoms with E-state index in [1.54, 1.807) is 19.2 Å². The molecule has 1 saturated carbocycles. The zero-order valence-electron chi connectivity index (χ0n) is 20.8. The summed E-state index contributed by atoms with van der Waals surface area (Å²) in [7, 11) is 0. The number of aryl methyl sites for hydroxylation is 1. The van der Waals surface area contributed by atoms with E-state index >= 15 is 0 Å². The molecule has 0 radical (unpaired) electrons. The summed E-state index contributed by atoms with van der Waals surface area (Å²) in [5.41, 5.74) is 0.971. The fraction of sp³-hybridized carbons (Fsp3) is 0.556. The van der Waals surface area contributed by atoms with Crippen LogP contribution in [0.5, 0.6) is 0 Å². The van der Waals surface area contributed by atoms with Crippen LogP contribution >= 0.6 is 11.6 Å². The molecule has 0 saturated heterocycles. The number of carboxylic acid groups (broad SMARTS) is 1. The maximum Gasteiger partial charge on any atom is 0.331 e. The van der Waals surface area contributed by atoms with Crippen molar-refractivity contribution in [3.63, 3.8) is 0 Å². The Morgan fingerprint density at radius 3 is 2.40 bits per heavy atom. The molecule has 0 aromatic heterocycles. The lowest BCUT2D eigenvalue weighted by molar-refractivity contribution is -0.133. The van der Waals surface area contributed by atoms with Gasteiger partial charge in [-0.2, -0.15) is 0 Å². The number of hydrogen-bond acceptors (Lipinski definition) is 2. The first-order chi connectivity index (χ1) is 16.0. The second kappa shape index (κ2) is 8.32. The average Bonchev–Trinajstić information content (AvgIpc) is 2.68. The number of carbonyl (C=O) groups excluding carboxylic acids is 1. The van der Waals surface area contributed by atoms with Crippen molar-refractivity contribution in [1.29, 1.82) is 0 Å². The third kappa shape index (κ3) is 4.84. The molecule has 1 heterocycles. The second-order valence-electron chi connectivity index (χ2n) is 11.8. The van der Waals surface area contributed by atoms with Gasteiger partial charge in [-0.15, -0.1) is 0 Å². The number of amides is 2. The highest BCUT2D eigenvalue weighted by molar-refractivity contribution is 6.31. The molecule has 1 fully saturated rings. The van der Waals surface area contributed by atoms with Gasteiger partial charge in [0.1, 0.15) is 0 Å². The molecule has 0 spiro atoms. The molecule has 0 bridgehead atoms. The molecule has 1 aliphatic heterocycles. The van der Waals surface area contributed by atoms with Gasteiger partial charge in [-0.1, -0.05) is 44.5 Å². The fourth-order valence-corrected chi connectivity index (χ4v) is 5.56. The van der Waals surface area contributed by atoms with Crippen LogP contribution in [0, 0.1) is 11.3 Å². The summed E-state index contributed by atoms with van der Waals surface area (Å²) in [5.74, 6) is -4.16. The number of alkyl halides is 2. The number of nitrogens with zero attached hydrogens (tertiary/aromatic N) is 1. The Morgan fingerprint density at radius 1 is 1.26 bits per heavy atom. The number of carbonyl (C=O) groups is 2. The zero-order chi connectivity index (χ0) is 26.0. The molecule has 2 amide bonds. The van der Waals surface area contributed by atoms with Gasteiger partial charge in [-0.25, -0.2) is 18.4 Å². The Balaban J connectivity index is 1.70. The van der Waals surface area contributed by atoms with Crippen LogP contribution in [0.25, 0.3) is 0 Å². The molecule has 1 unspecified atom stereocenters. The molecular weight excluding hydrogens is 474 g/mol. The lowest BCUT2D eigenvalue weighted by atomic mass is 9.67. The summed E-state index contributed by atoms with van der Waals surface area (Å²) in [6.07, 6.45) is 4.59. The average molecular weight is 507 g/mol. The van der Waals surface area contributed by atoms with Gasteiger partial charge in [0.15, 0.2) is 0 Å². The molecule has 3 aliphatic rings. The lowest BCUT2D eigenvalue weighted by Gasteiger charge is -2.52. The highest BCUT2D eigenvalue weighted by Crippen LogP contribution is 2.52. The summed E-state index contributed by atoms with van der Waals surface area (Å²) in [6.45, 7) is 10.1. The molecule has 2 atom stereocenters. The number of nitrogens with one attached hydrogen (secondary N) is 1. The van der Waals surface area contributed by atoms with Crippen LogP contribution in [-0.4, -0.2) is 33.5 Å². The Labute approximate surface area is 210 Å². The van der Waals surface area contributed by atoms with E-state index in [2.05, 4.69) is 26.1 Å². The van der Waals surface area contributed by atoms with E-state index in [4.69, 9.17) is 11.6 Å². The van der Waals surface area contributed by atoms with Crippen molar-refractivity contribution in [2.24, 2.45) is 11.3 Å². The molecule has 1 aromatic rings. The van der Waals surface area contributed by atoms with Crippen LogP contribution in [0.15, 0.2) is 41.6 Å². The number of halogens is 3. The third-order valence-electron chi connectivity index (χ3n) is 7.58. The fourth-order valence-electron chi connectivity index (χ4n) is 5.28. The number of aliphatic carboxylic acids is 1. The first-order valence-corrected chi connectivity index (χ1v) is 12.4. The minimum absolute atomic E-state index is 0.159. The minimum atomic E-state index is -2.73. The van der Waals surface area contributed by atoms with E-state index in [-0.39, 0.29) is 30.3 Å². The molecule has 8 heteroatoms. The number of rotatable bonds is 6. The molecule has 4 rings (SSSR count). The Morgan fingerprint density at radius 2 is 1.89 bits per heavy atom. The maximum atomic E-state index is 13.9. The molecule has 5 nitrogen and oxygen atoms in total. The summed E-state index contributed by atoms with van der Waals surface area (Å²) in [4.78, 5) is 26.0. The molecule has 35 heavy (non-hydrogen) atoms. The van der Waals surface area contributed by atoms with Crippen molar-refractivity contribution in [2.45, 2.75) is 83.7 Å². The number of benzene rings is 1. The Kier molecular flexibility index (Phi) is 6.11. The highest BCUT2D eigenvalue weighted by atomic mass is 35.5. The van der Waals surface area contributed by atoms with E-state index in [1.165, 1.54) is 4.90 Å².